The van der Waals surface area contributed by atoms with E-state index in [4.69, 9.17) is 23.2 Å². The predicted molar refractivity (Wildman–Crippen MR) is 104 cm³/mol. The van der Waals surface area contributed by atoms with E-state index in [1.54, 1.807) is 30.3 Å². The number of esters is 1. The number of aliphatic hydroxyl groups is 2. The van der Waals surface area contributed by atoms with Crippen LogP contribution in [0.2, 0.25) is 10.0 Å². The Kier molecular flexibility index (Phi) is 7.80. The second-order valence-corrected chi connectivity index (χ2v) is 6.80. The summed E-state index contributed by atoms with van der Waals surface area (Å²) in [5.74, 6) is -0.919. The molecular weight excluding hydrogens is 394 g/mol. The van der Waals surface area contributed by atoms with Crippen LogP contribution in [0.1, 0.15) is 18.4 Å². The second kappa shape index (κ2) is 9.85. The molecule has 0 radical (unpaired) electrons. The van der Waals surface area contributed by atoms with Crippen molar-refractivity contribution in [2.45, 2.75) is 25.0 Å². The fraction of sp³-hybridized carbons (Fsp3) is 0.250. The first kappa shape index (κ1) is 21.4. The molecule has 0 saturated carbocycles. The summed E-state index contributed by atoms with van der Waals surface area (Å²) in [5, 5.41) is 20.7. The third-order valence-corrected chi connectivity index (χ3v) is 4.41. The number of methoxy groups -OCH3 is 1. The molecule has 7 heteroatoms. The molecule has 0 bridgehead atoms. The van der Waals surface area contributed by atoms with Gasteiger partial charge in [0.25, 0.3) is 0 Å². The highest BCUT2D eigenvalue weighted by Crippen LogP contribution is 2.34. The maximum atomic E-state index is 13.2. The third-order valence-electron chi connectivity index (χ3n) is 3.88. The Morgan fingerprint density at radius 1 is 1.22 bits per heavy atom. The zero-order chi connectivity index (χ0) is 20.0. The van der Waals surface area contributed by atoms with Gasteiger partial charge in [-0.3, -0.25) is 4.79 Å². The van der Waals surface area contributed by atoms with Crippen LogP contribution in [0.4, 0.5) is 4.39 Å². The first-order chi connectivity index (χ1) is 12.8. The topological polar surface area (TPSA) is 66.8 Å². The minimum atomic E-state index is -1.03. The van der Waals surface area contributed by atoms with Crippen LogP contribution in [-0.2, 0) is 9.53 Å². The van der Waals surface area contributed by atoms with E-state index in [1.165, 1.54) is 25.3 Å². The number of carbonyl (C=O) groups is 1. The molecule has 27 heavy (non-hydrogen) atoms. The van der Waals surface area contributed by atoms with Crippen LogP contribution >= 0.6 is 23.2 Å². The molecule has 0 aliphatic rings. The molecule has 2 unspecified atom stereocenters. The van der Waals surface area contributed by atoms with Crippen molar-refractivity contribution in [1.82, 2.24) is 0 Å². The summed E-state index contributed by atoms with van der Waals surface area (Å²) in [7, 11) is 1.23. The minimum Gasteiger partial charge on any atom is -0.469 e. The van der Waals surface area contributed by atoms with Crippen molar-refractivity contribution < 1.29 is 24.1 Å². The Balaban J connectivity index is 2.23. The molecule has 2 aromatic carbocycles. The molecule has 2 rings (SSSR count). The fourth-order valence-electron chi connectivity index (χ4n) is 2.55. The number of carbonyl (C=O) groups excluding carboxylic acids is 1. The van der Waals surface area contributed by atoms with E-state index in [2.05, 4.69) is 4.74 Å². The van der Waals surface area contributed by atoms with Crippen LogP contribution in [0.15, 0.2) is 42.5 Å². The molecular formula is C20H19Cl2FO4. The first-order valence-corrected chi connectivity index (χ1v) is 8.92. The van der Waals surface area contributed by atoms with Gasteiger partial charge in [-0.05, 0) is 35.4 Å². The summed E-state index contributed by atoms with van der Waals surface area (Å²) < 4.78 is 17.7. The zero-order valence-corrected chi connectivity index (χ0v) is 16.0. The summed E-state index contributed by atoms with van der Waals surface area (Å²) in [4.78, 5) is 11.1. The van der Waals surface area contributed by atoms with Crippen molar-refractivity contribution in [3.8, 4) is 11.1 Å². The van der Waals surface area contributed by atoms with Gasteiger partial charge in [0.1, 0.15) is 5.82 Å². The Morgan fingerprint density at radius 3 is 2.52 bits per heavy atom. The van der Waals surface area contributed by atoms with Crippen LogP contribution in [-0.4, -0.2) is 35.5 Å². The van der Waals surface area contributed by atoms with E-state index in [1.807, 2.05) is 0 Å². The molecule has 0 saturated heterocycles. The Hall–Kier alpha value is -1.92. The molecule has 0 fully saturated rings. The van der Waals surface area contributed by atoms with Gasteiger partial charge < -0.3 is 14.9 Å². The number of hydrogen-bond donors (Lipinski definition) is 2. The smallest absolute Gasteiger partial charge is 0.308 e. The summed E-state index contributed by atoms with van der Waals surface area (Å²) >= 11 is 12.4. The molecule has 0 aliphatic heterocycles. The van der Waals surface area contributed by atoms with Crippen LogP contribution in [0.25, 0.3) is 17.2 Å². The molecule has 0 aromatic heterocycles. The lowest BCUT2D eigenvalue weighted by molar-refractivity contribution is -0.143. The van der Waals surface area contributed by atoms with Crippen molar-refractivity contribution in [3.63, 3.8) is 0 Å². The molecule has 0 amide bonds. The first-order valence-electron chi connectivity index (χ1n) is 8.16. The normalized spacial score (nSPS) is 13.6. The number of halogens is 3. The second-order valence-electron chi connectivity index (χ2n) is 5.95. The van der Waals surface area contributed by atoms with Crippen molar-refractivity contribution in [2.24, 2.45) is 0 Å². The molecule has 0 aliphatic carbocycles. The molecule has 4 nitrogen and oxygen atoms in total. The number of aliphatic hydroxyl groups excluding tert-OH is 2. The standard InChI is InChI=1S/C20H19Cl2FO4/c1-27-20(26)11-16(25)10-15(24)6-7-17-18(8-13(21)9-19(17)22)12-2-4-14(23)5-3-12/h2-9,15-16,24-25H,10-11H2,1H3. The van der Waals surface area contributed by atoms with Crippen LogP contribution in [0.3, 0.4) is 0 Å². The zero-order valence-electron chi connectivity index (χ0n) is 14.5. The Bertz CT molecular complexity index is 821. The van der Waals surface area contributed by atoms with Gasteiger partial charge in [-0.2, -0.15) is 0 Å². The summed E-state index contributed by atoms with van der Waals surface area (Å²) in [5.41, 5.74) is 1.97. The van der Waals surface area contributed by atoms with E-state index in [9.17, 15) is 19.4 Å². The monoisotopic (exact) mass is 412 g/mol. The predicted octanol–water partition coefficient (Wildman–Crippen LogP) is 4.49. The molecule has 2 N–H and O–H groups in total. The van der Waals surface area contributed by atoms with Gasteiger partial charge in [-0.1, -0.05) is 47.5 Å². The maximum Gasteiger partial charge on any atom is 0.308 e. The Morgan fingerprint density at radius 2 is 1.89 bits per heavy atom. The van der Waals surface area contributed by atoms with Crippen LogP contribution in [0, 0.1) is 5.82 Å². The lowest BCUT2D eigenvalue weighted by Gasteiger charge is -2.13. The van der Waals surface area contributed by atoms with Gasteiger partial charge in [0.05, 0.1) is 25.7 Å². The Labute approximate surface area is 166 Å². The highest BCUT2D eigenvalue weighted by molar-refractivity contribution is 6.36. The number of hydrogen-bond acceptors (Lipinski definition) is 4. The van der Waals surface area contributed by atoms with Gasteiger partial charge in [0.15, 0.2) is 0 Å². The average molecular weight is 413 g/mol. The number of benzene rings is 2. The number of ether oxygens (including phenoxy) is 1. The summed E-state index contributed by atoms with van der Waals surface area (Å²) in [6.45, 7) is 0. The quantitative estimate of drug-likeness (QED) is 0.657. The SMILES string of the molecule is COC(=O)CC(O)CC(O)C=Cc1c(Cl)cc(Cl)cc1-c1ccc(F)cc1. The minimum absolute atomic E-state index is 0.0390. The van der Waals surface area contributed by atoms with Gasteiger partial charge in [0, 0.05) is 22.0 Å². The van der Waals surface area contributed by atoms with Crippen molar-refractivity contribution in [2.75, 3.05) is 7.11 Å². The van der Waals surface area contributed by atoms with Crippen LogP contribution < -0.4 is 0 Å². The van der Waals surface area contributed by atoms with Crippen molar-refractivity contribution >= 4 is 35.2 Å². The highest BCUT2D eigenvalue weighted by Gasteiger charge is 2.15. The van der Waals surface area contributed by atoms with E-state index < -0.39 is 18.2 Å². The van der Waals surface area contributed by atoms with Crippen LogP contribution in [0.5, 0.6) is 0 Å². The van der Waals surface area contributed by atoms with Gasteiger partial charge in [-0.25, -0.2) is 4.39 Å². The highest BCUT2D eigenvalue weighted by atomic mass is 35.5. The van der Waals surface area contributed by atoms with Gasteiger partial charge >= 0.3 is 5.97 Å². The molecule has 2 atom stereocenters. The van der Waals surface area contributed by atoms with E-state index in [-0.39, 0.29) is 18.7 Å². The lowest BCUT2D eigenvalue weighted by atomic mass is 9.98. The van der Waals surface area contributed by atoms with Crippen molar-refractivity contribution in [3.05, 3.63) is 63.9 Å². The molecule has 144 valence electrons. The molecule has 2 aromatic rings. The molecule has 0 heterocycles. The largest absolute Gasteiger partial charge is 0.469 e. The average Bonchev–Trinajstić information content (AvgIpc) is 2.60. The maximum absolute atomic E-state index is 13.2. The van der Waals surface area contributed by atoms with Gasteiger partial charge in [-0.15, -0.1) is 0 Å². The summed E-state index contributed by atoms with van der Waals surface area (Å²) in [6.07, 6.45) is 0.786. The molecule has 0 spiro atoms. The van der Waals surface area contributed by atoms with E-state index in [0.717, 1.165) is 0 Å². The fourth-order valence-corrected chi connectivity index (χ4v) is 3.10. The van der Waals surface area contributed by atoms with Crippen molar-refractivity contribution in [1.29, 1.82) is 0 Å². The van der Waals surface area contributed by atoms with E-state index in [0.29, 0.717) is 26.7 Å². The number of rotatable bonds is 7. The lowest BCUT2D eigenvalue weighted by Crippen LogP contribution is -2.20. The van der Waals surface area contributed by atoms with Gasteiger partial charge in [0.2, 0.25) is 0 Å². The van der Waals surface area contributed by atoms with E-state index >= 15 is 0 Å². The third kappa shape index (κ3) is 6.33. The summed E-state index contributed by atoms with van der Waals surface area (Å²) in [6, 6.07) is 9.12.